The van der Waals surface area contributed by atoms with Crippen molar-refractivity contribution in [2.24, 2.45) is 0 Å². The Morgan fingerprint density at radius 2 is 1.76 bits per heavy atom. The van der Waals surface area contributed by atoms with E-state index < -0.39 is 10.0 Å². The van der Waals surface area contributed by atoms with Crippen LogP contribution in [0.3, 0.4) is 0 Å². The molecule has 0 unspecified atom stereocenters. The lowest BCUT2D eigenvalue weighted by atomic mass is 10.1. The molecule has 0 aliphatic carbocycles. The normalized spacial score (nSPS) is 15.9. The topological polar surface area (TPSA) is 80.1 Å². The molecule has 4 rings (SSSR count). The van der Waals surface area contributed by atoms with Crippen LogP contribution in [0.5, 0.6) is 0 Å². The van der Waals surface area contributed by atoms with Crippen molar-refractivity contribution in [1.29, 1.82) is 0 Å². The van der Waals surface area contributed by atoms with Crippen LogP contribution >= 0.6 is 0 Å². The molecule has 0 spiro atoms. The number of rotatable bonds is 10. The van der Waals surface area contributed by atoms with Crippen molar-refractivity contribution in [1.82, 2.24) is 9.21 Å². The molecule has 1 fully saturated rings. The van der Waals surface area contributed by atoms with Crippen molar-refractivity contribution < 1.29 is 26.8 Å². The lowest BCUT2D eigenvalue weighted by molar-refractivity contribution is -0.133. The zero-order valence-corrected chi connectivity index (χ0v) is 22.3. The standard InChI is InChI=1S/C28H33FN2O5S/c1-20-14-21(2)28(22(3)15-20)37(33,34)31(18-26-7-5-13-36-26)19-27(32)30(17-25-6-4-12-35-25)16-23-8-10-24(29)11-9-23/h4,6,8-12,14-15,26H,5,7,13,16-19H2,1-3H3/t26-/m0/s1. The number of ether oxygens (including phenoxy) is 1. The molecule has 0 saturated carbocycles. The van der Waals surface area contributed by atoms with E-state index in [-0.39, 0.29) is 48.9 Å². The summed E-state index contributed by atoms with van der Waals surface area (Å²) in [7, 11) is -4.00. The number of benzene rings is 2. The number of furan rings is 1. The molecule has 9 heteroatoms. The summed E-state index contributed by atoms with van der Waals surface area (Å²) >= 11 is 0. The van der Waals surface area contributed by atoms with Crippen LogP contribution in [-0.2, 0) is 32.6 Å². The summed E-state index contributed by atoms with van der Waals surface area (Å²) in [4.78, 5) is 15.4. The van der Waals surface area contributed by atoms with Gasteiger partial charge in [-0.25, -0.2) is 12.8 Å². The number of aryl methyl sites for hydroxylation is 3. The van der Waals surface area contributed by atoms with Crippen molar-refractivity contribution in [3.63, 3.8) is 0 Å². The van der Waals surface area contributed by atoms with E-state index in [9.17, 15) is 17.6 Å². The lowest BCUT2D eigenvalue weighted by Crippen LogP contribution is -2.45. The molecule has 0 N–H and O–H groups in total. The third kappa shape index (κ3) is 6.66. The van der Waals surface area contributed by atoms with Gasteiger partial charge < -0.3 is 14.1 Å². The van der Waals surface area contributed by atoms with Crippen molar-refractivity contribution in [2.45, 2.75) is 57.7 Å². The first kappa shape index (κ1) is 27.0. The number of sulfonamides is 1. The van der Waals surface area contributed by atoms with Gasteiger partial charge in [-0.2, -0.15) is 4.31 Å². The molecular formula is C28H33FN2O5S. The Morgan fingerprint density at radius 1 is 1.05 bits per heavy atom. The van der Waals surface area contributed by atoms with Gasteiger partial charge in [-0.15, -0.1) is 0 Å². The van der Waals surface area contributed by atoms with Crippen LogP contribution in [0.25, 0.3) is 0 Å². The average Bonchev–Trinajstić information content (AvgIpc) is 3.53. The molecule has 1 aliphatic rings. The maximum absolute atomic E-state index is 14.0. The zero-order valence-electron chi connectivity index (χ0n) is 21.4. The molecule has 7 nitrogen and oxygen atoms in total. The largest absolute Gasteiger partial charge is 0.467 e. The number of carbonyl (C=O) groups is 1. The molecule has 2 aromatic carbocycles. The summed E-state index contributed by atoms with van der Waals surface area (Å²) in [5.74, 6) is -0.190. The second-order valence-electron chi connectivity index (χ2n) is 9.62. The monoisotopic (exact) mass is 528 g/mol. The van der Waals surface area contributed by atoms with Gasteiger partial charge in [0.25, 0.3) is 0 Å². The van der Waals surface area contributed by atoms with Gasteiger partial charge in [0.05, 0.1) is 30.4 Å². The summed E-state index contributed by atoms with van der Waals surface area (Å²) in [5.41, 5.74) is 2.97. The van der Waals surface area contributed by atoms with Crippen LogP contribution in [0, 0.1) is 26.6 Å². The van der Waals surface area contributed by atoms with E-state index in [1.165, 1.54) is 27.6 Å². The summed E-state index contributed by atoms with van der Waals surface area (Å²) in [6.07, 6.45) is 2.83. The van der Waals surface area contributed by atoms with Gasteiger partial charge in [0.1, 0.15) is 11.6 Å². The van der Waals surface area contributed by atoms with Gasteiger partial charge in [0.15, 0.2) is 0 Å². The first-order valence-electron chi connectivity index (χ1n) is 12.4. The van der Waals surface area contributed by atoms with Crippen LogP contribution in [-0.4, -0.2) is 49.3 Å². The molecule has 37 heavy (non-hydrogen) atoms. The van der Waals surface area contributed by atoms with Gasteiger partial charge in [0.2, 0.25) is 15.9 Å². The molecule has 0 bridgehead atoms. The summed E-state index contributed by atoms with van der Waals surface area (Å²) in [6, 6.07) is 13.0. The highest BCUT2D eigenvalue weighted by atomic mass is 32.2. The zero-order chi connectivity index (χ0) is 26.6. The Kier molecular flexibility index (Phi) is 8.46. The maximum atomic E-state index is 14.0. The van der Waals surface area contributed by atoms with Crippen molar-refractivity contribution in [3.05, 3.63) is 88.6 Å². The second-order valence-corrected chi connectivity index (χ2v) is 11.5. The fourth-order valence-electron chi connectivity index (χ4n) is 4.85. The highest BCUT2D eigenvalue weighted by Crippen LogP contribution is 2.27. The highest BCUT2D eigenvalue weighted by molar-refractivity contribution is 7.89. The van der Waals surface area contributed by atoms with Gasteiger partial charge in [-0.1, -0.05) is 29.8 Å². The Balaban J connectivity index is 1.65. The van der Waals surface area contributed by atoms with Crippen LogP contribution in [0.2, 0.25) is 0 Å². The van der Waals surface area contributed by atoms with Gasteiger partial charge in [0, 0.05) is 19.7 Å². The van der Waals surface area contributed by atoms with Gasteiger partial charge >= 0.3 is 0 Å². The Labute approximate surface area is 217 Å². The molecular weight excluding hydrogens is 495 g/mol. The van der Waals surface area contributed by atoms with Gasteiger partial charge in [-0.05, 0) is 74.6 Å². The van der Waals surface area contributed by atoms with Crippen LogP contribution in [0.15, 0.2) is 64.1 Å². The molecule has 0 radical (unpaired) electrons. The van der Waals surface area contributed by atoms with E-state index in [1.807, 2.05) is 19.1 Å². The van der Waals surface area contributed by atoms with Crippen LogP contribution in [0.4, 0.5) is 4.39 Å². The minimum absolute atomic E-state index is 0.0893. The highest BCUT2D eigenvalue weighted by Gasteiger charge is 2.34. The smallest absolute Gasteiger partial charge is 0.244 e. The van der Waals surface area contributed by atoms with E-state index >= 15 is 0 Å². The molecule has 2 heterocycles. The fourth-order valence-corrected chi connectivity index (χ4v) is 6.68. The summed E-state index contributed by atoms with van der Waals surface area (Å²) < 4.78 is 53.9. The molecule has 1 atom stereocenters. The maximum Gasteiger partial charge on any atom is 0.244 e. The molecule has 1 saturated heterocycles. The second kappa shape index (κ2) is 11.6. The number of amides is 1. The Bertz CT molecular complexity index is 1290. The quantitative estimate of drug-likeness (QED) is 0.380. The minimum atomic E-state index is -4.00. The van der Waals surface area contributed by atoms with E-state index in [2.05, 4.69) is 0 Å². The van der Waals surface area contributed by atoms with Crippen LogP contribution in [0.1, 0.15) is 40.9 Å². The first-order chi connectivity index (χ1) is 17.6. The third-order valence-corrected chi connectivity index (χ3v) is 8.63. The number of hydrogen-bond acceptors (Lipinski definition) is 5. The third-order valence-electron chi connectivity index (χ3n) is 6.51. The first-order valence-corrected chi connectivity index (χ1v) is 13.8. The number of hydrogen-bond donors (Lipinski definition) is 0. The van der Waals surface area contributed by atoms with E-state index in [4.69, 9.17) is 9.15 Å². The van der Waals surface area contributed by atoms with Gasteiger partial charge in [-0.3, -0.25) is 4.79 Å². The summed E-state index contributed by atoms with van der Waals surface area (Å²) in [5, 5.41) is 0. The number of nitrogens with zero attached hydrogens (tertiary/aromatic N) is 2. The van der Waals surface area contributed by atoms with Crippen molar-refractivity contribution in [3.8, 4) is 0 Å². The van der Waals surface area contributed by atoms with Crippen molar-refractivity contribution in [2.75, 3.05) is 19.7 Å². The molecule has 1 aromatic heterocycles. The van der Waals surface area contributed by atoms with Crippen molar-refractivity contribution >= 4 is 15.9 Å². The van der Waals surface area contributed by atoms with E-state index in [0.29, 0.717) is 23.5 Å². The molecule has 198 valence electrons. The minimum Gasteiger partial charge on any atom is -0.467 e. The lowest BCUT2D eigenvalue weighted by Gasteiger charge is -2.29. The van der Waals surface area contributed by atoms with E-state index in [1.54, 1.807) is 38.1 Å². The SMILES string of the molecule is Cc1cc(C)c(S(=O)(=O)N(CC(=O)N(Cc2ccc(F)cc2)Cc2ccco2)C[C@@H]2CCCO2)c(C)c1. The van der Waals surface area contributed by atoms with Crippen LogP contribution < -0.4 is 0 Å². The van der Waals surface area contributed by atoms with E-state index in [0.717, 1.165) is 24.0 Å². The Morgan fingerprint density at radius 3 is 2.35 bits per heavy atom. The Hall–Kier alpha value is -3.01. The predicted octanol–water partition coefficient (Wildman–Crippen LogP) is 4.74. The predicted molar refractivity (Wildman–Crippen MR) is 138 cm³/mol. The average molecular weight is 529 g/mol. The molecule has 3 aromatic rings. The molecule has 1 amide bonds. The molecule has 1 aliphatic heterocycles. The number of carbonyl (C=O) groups excluding carboxylic acids is 1. The summed E-state index contributed by atoms with van der Waals surface area (Å²) in [6.45, 7) is 6.11. The fraction of sp³-hybridized carbons (Fsp3) is 0.393. The number of halogens is 1.